The number of hydrogen-bond donors (Lipinski definition) is 1. The van der Waals surface area contributed by atoms with E-state index in [9.17, 15) is 4.79 Å². The predicted octanol–water partition coefficient (Wildman–Crippen LogP) is 1.30. The average Bonchev–Trinajstić information content (AvgIpc) is 2.51. The van der Waals surface area contributed by atoms with Crippen molar-refractivity contribution in [3.8, 4) is 0 Å². The predicted molar refractivity (Wildman–Crippen MR) is 77.2 cm³/mol. The minimum atomic E-state index is -0.137. The van der Waals surface area contributed by atoms with E-state index in [1.165, 1.54) is 4.68 Å². The van der Waals surface area contributed by atoms with Crippen LogP contribution in [0.25, 0.3) is 10.9 Å². The maximum absolute atomic E-state index is 12.4. The zero-order valence-corrected chi connectivity index (χ0v) is 10.9. The van der Waals surface area contributed by atoms with Gasteiger partial charge in [-0.15, -0.1) is 5.10 Å². The lowest BCUT2D eigenvalue weighted by Crippen LogP contribution is -2.25. The van der Waals surface area contributed by atoms with E-state index in [4.69, 9.17) is 5.73 Å². The Bertz CT molecular complexity index is 810. The van der Waals surface area contributed by atoms with Crippen molar-refractivity contribution >= 4 is 10.9 Å². The summed E-state index contributed by atoms with van der Waals surface area (Å²) in [4.78, 5) is 12.4. The van der Waals surface area contributed by atoms with Gasteiger partial charge < -0.3 is 5.73 Å². The molecule has 0 unspecified atom stereocenters. The van der Waals surface area contributed by atoms with Gasteiger partial charge in [0, 0.05) is 6.54 Å². The molecule has 20 heavy (non-hydrogen) atoms. The van der Waals surface area contributed by atoms with E-state index in [-0.39, 0.29) is 5.56 Å². The molecule has 1 heterocycles. The van der Waals surface area contributed by atoms with Crippen LogP contribution in [0.3, 0.4) is 0 Å². The van der Waals surface area contributed by atoms with E-state index >= 15 is 0 Å². The van der Waals surface area contributed by atoms with Gasteiger partial charge >= 0.3 is 0 Å². The number of aromatic nitrogens is 3. The third-order valence-electron chi connectivity index (χ3n) is 3.29. The van der Waals surface area contributed by atoms with Crippen LogP contribution in [0.5, 0.6) is 0 Å². The van der Waals surface area contributed by atoms with Crippen LogP contribution in [0.1, 0.15) is 11.1 Å². The van der Waals surface area contributed by atoms with E-state index in [0.29, 0.717) is 24.0 Å². The maximum Gasteiger partial charge on any atom is 0.277 e. The molecular formula is C15H14N4O. The Morgan fingerprint density at radius 2 is 1.70 bits per heavy atom. The molecule has 2 aromatic carbocycles. The van der Waals surface area contributed by atoms with Crippen LogP contribution in [-0.4, -0.2) is 15.0 Å². The first-order valence-corrected chi connectivity index (χ1v) is 6.39. The summed E-state index contributed by atoms with van der Waals surface area (Å²) in [6.45, 7) is 0.815. The SMILES string of the molecule is NCc1ccccc1Cn1nnc2ccccc2c1=O. The largest absolute Gasteiger partial charge is 0.326 e. The molecular weight excluding hydrogens is 252 g/mol. The molecule has 100 valence electrons. The number of nitrogens with two attached hydrogens (primary N) is 1. The molecule has 0 aliphatic carbocycles. The van der Waals surface area contributed by atoms with Crippen LogP contribution >= 0.6 is 0 Å². The zero-order chi connectivity index (χ0) is 13.9. The van der Waals surface area contributed by atoms with Crippen LogP contribution in [0.2, 0.25) is 0 Å². The van der Waals surface area contributed by atoms with Crippen LogP contribution in [0, 0.1) is 0 Å². The first-order valence-electron chi connectivity index (χ1n) is 6.39. The molecule has 0 saturated carbocycles. The van der Waals surface area contributed by atoms with Crippen LogP contribution in [0.15, 0.2) is 53.3 Å². The highest BCUT2D eigenvalue weighted by Crippen LogP contribution is 2.09. The molecule has 0 radical (unpaired) electrons. The fourth-order valence-electron chi connectivity index (χ4n) is 2.20. The summed E-state index contributed by atoms with van der Waals surface area (Å²) in [5.74, 6) is 0. The van der Waals surface area contributed by atoms with Gasteiger partial charge in [0.15, 0.2) is 0 Å². The van der Waals surface area contributed by atoms with Gasteiger partial charge in [-0.1, -0.05) is 41.6 Å². The Morgan fingerprint density at radius 3 is 2.50 bits per heavy atom. The third kappa shape index (κ3) is 2.19. The van der Waals surface area contributed by atoms with Gasteiger partial charge in [0.2, 0.25) is 0 Å². The van der Waals surface area contributed by atoms with Crippen molar-refractivity contribution in [1.29, 1.82) is 0 Å². The lowest BCUT2D eigenvalue weighted by atomic mass is 10.1. The Kier molecular flexibility index (Phi) is 3.26. The van der Waals surface area contributed by atoms with Gasteiger partial charge in [-0.3, -0.25) is 4.79 Å². The summed E-state index contributed by atoms with van der Waals surface area (Å²) in [5.41, 5.74) is 8.18. The second-order valence-corrected chi connectivity index (χ2v) is 4.54. The fraction of sp³-hybridized carbons (Fsp3) is 0.133. The smallest absolute Gasteiger partial charge is 0.277 e. The lowest BCUT2D eigenvalue weighted by molar-refractivity contribution is 0.597. The maximum atomic E-state index is 12.4. The average molecular weight is 266 g/mol. The van der Waals surface area contributed by atoms with Gasteiger partial charge in [0.05, 0.1) is 11.9 Å². The monoisotopic (exact) mass is 266 g/mol. The van der Waals surface area contributed by atoms with Gasteiger partial charge in [0.1, 0.15) is 5.52 Å². The highest BCUT2D eigenvalue weighted by Gasteiger charge is 2.07. The van der Waals surface area contributed by atoms with E-state index in [1.807, 2.05) is 36.4 Å². The summed E-state index contributed by atoms with van der Waals surface area (Å²) < 4.78 is 1.37. The molecule has 3 aromatic rings. The van der Waals surface area contributed by atoms with Crippen molar-refractivity contribution in [1.82, 2.24) is 15.0 Å². The second-order valence-electron chi connectivity index (χ2n) is 4.54. The quantitative estimate of drug-likeness (QED) is 0.775. The Labute approximate surface area is 115 Å². The molecule has 0 atom stereocenters. The van der Waals surface area contributed by atoms with Crippen molar-refractivity contribution < 1.29 is 0 Å². The van der Waals surface area contributed by atoms with E-state index in [2.05, 4.69) is 10.3 Å². The fourth-order valence-corrected chi connectivity index (χ4v) is 2.20. The summed E-state index contributed by atoms with van der Waals surface area (Å²) in [5, 5.41) is 8.64. The Hall–Kier alpha value is -2.53. The minimum Gasteiger partial charge on any atom is -0.326 e. The van der Waals surface area contributed by atoms with E-state index in [1.54, 1.807) is 12.1 Å². The van der Waals surface area contributed by atoms with Crippen LogP contribution in [-0.2, 0) is 13.1 Å². The molecule has 2 N–H and O–H groups in total. The van der Waals surface area contributed by atoms with Crippen molar-refractivity contribution in [2.24, 2.45) is 5.73 Å². The molecule has 0 bridgehead atoms. The first-order chi connectivity index (χ1) is 9.79. The summed E-state index contributed by atoms with van der Waals surface area (Å²) in [6.07, 6.45) is 0. The standard InChI is InChI=1S/C15H14N4O/c16-9-11-5-1-2-6-12(11)10-19-15(20)13-7-3-4-8-14(13)17-18-19/h1-8H,9-10,16H2. The normalized spacial score (nSPS) is 10.8. The molecule has 0 saturated heterocycles. The van der Waals surface area contributed by atoms with Gasteiger partial charge in [-0.05, 0) is 23.3 Å². The number of rotatable bonds is 3. The topological polar surface area (TPSA) is 73.8 Å². The van der Waals surface area contributed by atoms with Crippen molar-refractivity contribution in [3.05, 3.63) is 70.0 Å². The highest BCUT2D eigenvalue weighted by atomic mass is 16.1. The molecule has 0 amide bonds. The number of nitrogens with zero attached hydrogens (tertiary/aromatic N) is 3. The molecule has 0 spiro atoms. The van der Waals surface area contributed by atoms with Crippen molar-refractivity contribution in [2.75, 3.05) is 0 Å². The summed E-state index contributed by atoms with van der Waals surface area (Å²) in [6, 6.07) is 15.0. The Morgan fingerprint density at radius 1 is 1.00 bits per heavy atom. The minimum absolute atomic E-state index is 0.137. The van der Waals surface area contributed by atoms with Gasteiger partial charge in [-0.2, -0.15) is 0 Å². The van der Waals surface area contributed by atoms with Crippen LogP contribution in [0.4, 0.5) is 0 Å². The zero-order valence-electron chi connectivity index (χ0n) is 10.9. The Balaban J connectivity index is 2.07. The molecule has 0 aliphatic heterocycles. The van der Waals surface area contributed by atoms with E-state index in [0.717, 1.165) is 11.1 Å². The molecule has 5 nitrogen and oxygen atoms in total. The van der Waals surface area contributed by atoms with Crippen molar-refractivity contribution in [2.45, 2.75) is 13.1 Å². The lowest BCUT2D eigenvalue weighted by Gasteiger charge is -2.08. The molecule has 3 rings (SSSR count). The van der Waals surface area contributed by atoms with Gasteiger partial charge in [-0.25, -0.2) is 4.68 Å². The molecule has 1 aromatic heterocycles. The van der Waals surface area contributed by atoms with E-state index < -0.39 is 0 Å². The van der Waals surface area contributed by atoms with Gasteiger partial charge in [0.25, 0.3) is 5.56 Å². The highest BCUT2D eigenvalue weighted by molar-refractivity contribution is 5.76. The number of fused-ring (bicyclic) bond motifs is 1. The summed E-state index contributed by atoms with van der Waals surface area (Å²) in [7, 11) is 0. The number of hydrogen-bond acceptors (Lipinski definition) is 4. The summed E-state index contributed by atoms with van der Waals surface area (Å²) >= 11 is 0. The van der Waals surface area contributed by atoms with Crippen molar-refractivity contribution in [3.63, 3.8) is 0 Å². The number of benzene rings is 2. The molecule has 0 fully saturated rings. The van der Waals surface area contributed by atoms with Crippen LogP contribution < -0.4 is 11.3 Å². The first kappa shape index (κ1) is 12.5. The molecule has 5 heteroatoms. The molecule has 0 aliphatic rings. The second kappa shape index (κ2) is 5.22. The third-order valence-corrected chi connectivity index (χ3v) is 3.29.